The van der Waals surface area contributed by atoms with Gasteiger partial charge in [-0.2, -0.15) is 15.0 Å². The van der Waals surface area contributed by atoms with Crippen LogP contribution in [0.3, 0.4) is 0 Å². The van der Waals surface area contributed by atoms with Gasteiger partial charge in [-0.1, -0.05) is 11.6 Å². The SMILES string of the molecule is CCOc1nc(N)nc(NC(C)c2ccc(Cl)s2)n1. The highest BCUT2D eigenvalue weighted by Gasteiger charge is 2.11. The Hall–Kier alpha value is -1.60. The lowest BCUT2D eigenvalue weighted by Gasteiger charge is -2.12. The van der Waals surface area contributed by atoms with Crippen molar-refractivity contribution in [1.82, 2.24) is 15.0 Å². The molecule has 0 aliphatic heterocycles. The summed E-state index contributed by atoms with van der Waals surface area (Å²) in [4.78, 5) is 13.1. The average molecular weight is 300 g/mol. The third-order valence-corrected chi connectivity index (χ3v) is 3.69. The number of thiophene rings is 1. The van der Waals surface area contributed by atoms with Crippen LogP contribution in [-0.2, 0) is 0 Å². The summed E-state index contributed by atoms with van der Waals surface area (Å²) >= 11 is 7.41. The molecule has 2 aromatic heterocycles. The number of hydrogen-bond acceptors (Lipinski definition) is 7. The Balaban J connectivity index is 2.14. The number of halogens is 1. The lowest BCUT2D eigenvalue weighted by Crippen LogP contribution is -2.11. The van der Waals surface area contributed by atoms with Crippen molar-refractivity contribution in [2.75, 3.05) is 17.7 Å². The second-order valence-corrected chi connectivity index (χ2v) is 5.49. The molecular formula is C11H14ClN5OS. The number of nitrogens with two attached hydrogens (primary N) is 1. The van der Waals surface area contributed by atoms with Crippen molar-refractivity contribution in [2.24, 2.45) is 0 Å². The Bertz CT molecular complexity index is 562. The minimum atomic E-state index is 0.0220. The van der Waals surface area contributed by atoms with Gasteiger partial charge < -0.3 is 15.8 Å². The van der Waals surface area contributed by atoms with E-state index in [2.05, 4.69) is 20.3 Å². The first-order valence-electron chi connectivity index (χ1n) is 5.74. The molecule has 2 heterocycles. The number of nitrogens with one attached hydrogen (secondary N) is 1. The predicted molar refractivity (Wildman–Crippen MR) is 76.8 cm³/mol. The summed E-state index contributed by atoms with van der Waals surface area (Å²) in [5, 5.41) is 3.14. The fourth-order valence-corrected chi connectivity index (χ4v) is 2.52. The molecule has 0 fully saturated rings. The maximum absolute atomic E-state index is 5.91. The van der Waals surface area contributed by atoms with Gasteiger partial charge in [-0.15, -0.1) is 11.3 Å². The quantitative estimate of drug-likeness (QED) is 0.883. The van der Waals surface area contributed by atoms with Gasteiger partial charge in [-0.25, -0.2) is 0 Å². The van der Waals surface area contributed by atoms with Gasteiger partial charge in [0.05, 0.1) is 17.0 Å². The Kier molecular flexibility index (Phi) is 4.39. The van der Waals surface area contributed by atoms with Crippen LogP contribution in [0.5, 0.6) is 6.01 Å². The second-order valence-electron chi connectivity index (χ2n) is 3.74. The van der Waals surface area contributed by atoms with Crippen LogP contribution < -0.4 is 15.8 Å². The van der Waals surface area contributed by atoms with E-state index in [1.807, 2.05) is 26.0 Å². The summed E-state index contributed by atoms with van der Waals surface area (Å²) in [6.45, 7) is 4.31. The topological polar surface area (TPSA) is 86.0 Å². The molecule has 19 heavy (non-hydrogen) atoms. The third kappa shape index (κ3) is 3.68. The Morgan fingerprint density at radius 1 is 1.42 bits per heavy atom. The molecular weight excluding hydrogens is 286 g/mol. The smallest absolute Gasteiger partial charge is 0.323 e. The van der Waals surface area contributed by atoms with Crippen molar-refractivity contribution in [2.45, 2.75) is 19.9 Å². The zero-order valence-electron chi connectivity index (χ0n) is 10.6. The Morgan fingerprint density at radius 3 is 2.84 bits per heavy atom. The van der Waals surface area contributed by atoms with Crippen LogP contribution in [-0.4, -0.2) is 21.6 Å². The van der Waals surface area contributed by atoms with Crippen LogP contribution in [0.15, 0.2) is 12.1 Å². The molecule has 8 heteroatoms. The van der Waals surface area contributed by atoms with E-state index < -0.39 is 0 Å². The van der Waals surface area contributed by atoms with Gasteiger partial charge in [0, 0.05) is 4.88 Å². The number of hydrogen-bond donors (Lipinski definition) is 2. The van der Waals surface area contributed by atoms with Crippen LogP contribution in [0.2, 0.25) is 4.34 Å². The first kappa shape index (κ1) is 13.8. The summed E-state index contributed by atoms with van der Waals surface area (Å²) in [6, 6.07) is 4.05. The normalized spacial score (nSPS) is 12.2. The molecule has 0 radical (unpaired) electrons. The van der Waals surface area contributed by atoms with Crippen LogP contribution in [0.4, 0.5) is 11.9 Å². The molecule has 2 rings (SSSR count). The molecule has 0 saturated heterocycles. The highest BCUT2D eigenvalue weighted by molar-refractivity contribution is 7.16. The molecule has 1 atom stereocenters. The van der Waals surface area contributed by atoms with Crippen molar-refractivity contribution in [3.05, 3.63) is 21.3 Å². The van der Waals surface area contributed by atoms with Gasteiger partial charge in [0.2, 0.25) is 11.9 Å². The summed E-state index contributed by atoms with van der Waals surface area (Å²) < 4.78 is 5.96. The molecule has 2 aromatic rings. The fraction of sp³-hybridized carbons (Fsp3) is 0.364. The summed E-state index contributed by atoms with van der Waals surface area (Å²) in [7, 11) is 0. The van der Waals surface area contributed by atoms with E-state index in [0.717, 1.165) is 9.21 Å². The fourth-order valence-electron chi connectivity index (χ4n) is 1.46. The number of anilines is 2. The maximum atomic E-state index is 5.91. The minimum absolute atomic E-state index is 0.0220. The van der Waals surface area contributed by atoms with E-state index >= 15 is 0 Å². The van der Waals surface area contributed by atoms with E-state index in [9.17, 15) is 0 Å². The van der Waals surface area contributed by atoms with Crippen molar-refractivity contribution in [3.63, 3.8) is 0 Å². The van der Waals surface area contributed by atoms with E-state index in [0.29, 0.717) is 12.6 Å². The van der Waals surface area contributed by atoms with Crippen molar-refractivity contribution in [3.8, 4) is 6.01 Å². The molecule has 0 aliphatic carbocycles. The monoisotopic (exact) mass is 299 g/mol. The van der Waals surface area contributed by atoms with E-state index in [-0.39, 0.29) is 18.0 Å². The molecule has 0 spiro atoms. The maximum Gasteiger partial charge on any atom is 0.323 e. The average Bonchev–Trinajstić information content (AvgIpc) is 2.75. The zero-order chi connectivity index (χ0) is 13.8. The largest absolute Gasteiger partial charge is 0.464 e. The minimum Gasteiger partial charge on any atom is -0.464 e. The number of rotatable bonds is 5. The predicted octanol–water partition coefficient (Wildman–Crippen LogP) is 2.74. The summed E-state index contributed by atoms with van der Waals surface area (Å²) in [5.41, 5.74) is 5.61. The van der Waals surface area contributed by atoms with Crippen LogP contribution in [0.1, 0.15) is 24.8 Å². The Morgan fingerprint density at radius 2 is 2.21 bits per heavy atom. The molecule has 102 valence electrons. The van der Waals surface area contributed by atoms with E-state index in [1.54, 1.807) is 0 Å². The number of ether oxygens (including phenoxy) is 1. The van der Waals surface area contributed by atoms with Crippen molar-refractivity contribution < 1.29 is 4.74 Å². The van der Waals surface area contributed by atoms with E-state index in [1.165, 1.54) is 11.3 Å². The van der Waals surface area contributed by atoms with Gasteiger partial charge in [0.25, 0.3) is 0 Å². The van der Waals surface area contributed by atoms with Gasteiger partial charge in [-0.05, 0) is 26.0 Å². The first-order valence-corrected chi connectivity index (χ1v) is 6.94. The highest BCUT2D eigenvalue weighted by atomic mass is 35.5. The van der Waals surface area contributed by atoms with Crippen molar-refractivity contribution >= 4 is 34.8 Å². The van der Waals surface area contributed by atoms with Gasteiger partial charge in [0.15, 0.2) is 0 Å². The molecule has 3 N–H and O–H groups in total. The van der Waals surface area contributed by atoms with Gasteiger partial charge >= 0.3 is 6.01 Å². The summed E-state index contributed by atoms with van der Waals surface area (Å²) in [6.07, 6.45) is 0. The lowest BCUT2D eigenvalue weighted by molar-refractivity contribution is 0.312. The number of nitrogens with zero attached hydrogens (tertiary/aromatic N) is 3. The summed E-state index contributed by atoms with van der Waals surface area (Å²) in [5.74, 6) is 0.505. The molecule has 0 aromatic carbocycles. The van der Waals surface area contributed by atoms with E-state index in [4.69, 9.17) is 22.1 Å². The second kappa shape index (κ2) is 6.03. The van der Waals surface area contributed by atoms with Crippen LogP contribution in [0.25, 0.3) is 0 Å². The lowest BCUT2D eigenvalue weighted by atomic mass is 10.3. The third-order valence-electron chi connectivity index (χ3n) is 2.27. The molecule has 0 saturated carbocycles. The highest BCUT2D eigenvalue weighted by Crippen LogP contribution is 2.28. The first-order chi connectivity index (χ1) is 9.08. The van der Waals surface area contributed by atoms with Crippen LogP contribution >= 0.6 is 22.9 Å². The molecule has 0 aliphatic rings. The molecule has 0 amide bonds. The molecule has 6 nitrogen and oxygen atoms in total. The number of aromatic nitrogens is 3. The zero-order valence-corrected chi connectivity index (χ0v) is 12.1. The number of nitrogen functional groups attached to an aromatic ring is 1. The van der Waals surface area contributed by atoms with Crippen molar-refractivity contribution in [1.29, 1.82) is 0 Å². The van der Waals surface area contributed by atoms with Gasteiger partial charge in [-0.3, -0.25) is 0 Å². The molecule has 1 unspecified atom stereocenters. The van der Waals surface area contributed by atoms with Gasteiger partial charge in [0.1, 0.15) is 0 Å². The van der Waals surface area contributed by atoms with Crippen LogP contribution in [0, 0.1) is 0 Å². The molecule has 0 bridgehead atoms. The Labute approximate surface area is 120 Å². The standard InChI is InChI=1S/C11H14ClN5OS/c1-3-18-11-16-9(13)15-10(17-11)14-6(2)7-4-5-8(12)19-7/h4-6H,3H2,1-2H3,(H3,13,14,15,16,17).